The van der Waals surface area contributed by atoms with Crippen LogP contribution in [-0.2, 0) is 16.1 Å². The molecule has 2 aromatic carbocycles. The maximum absolute atomic E-state index is 12.4. The van der Waals surface area contributed by atoms with Crippen molar-refractivity contribution in [3.63, 3.8) is 0 Å². The summed E-state index contributed by atoms with van der Waals surface area (Å²) in [7, 11) is 4.39. The van der Waals surface area contributed by atoms with Crippen molar-refractivity contribution in [2.24, 2.45) is 0 Å². The summed E-state index contributed by atoms with van der Waals surface area (Å²) in [4.78, 5) is 29.0. The van der Waals surface area contributed by atoms with Crippen molar-refractivity contribution in [3.05, 3.63) is 59.5 Å². The lowest BCUT2D eigenvalue weighted by atomic mass is 10.2. The van der Waals surface area contributed by atoms with Crippen LogP contribution in [0.15, 0.2) is 46.9 Å². The van der Waals surface area contributed by atoms with Crippen LogP contribution in [0.2, 0.25) is 0 Å². The number of carbonyl (C=O) groups is 2. The van der Waals surface area contributed by atoms with E-state index in [2.05, 4.69) is 10.3 Å². The highest BCUT2D eigenvalue weighted by Gasteiger charge is 2.28. The second-order valence-corrected chi connectivity index (χ2v) is 9.09. The van der Waals surface area contributed by atoms with E-state index in [0.717, 1.165) is 11.3 Å². The van der Waals surface area contributed by atoms with Gasteiger partial charge in [-0.15, -0.1) is 0 Å². The van der Waals surface area contributed by atoms with E-state index in [4.69, 9.17) is 28.1 Å². The first-order chi connectivity index (χ1) is 17.5. The van der Waals surface area contributed by atoms with Crippen molar-refractivity contribution in [2.45, 2.75) is 45.9 Å². The molecule has 3 aromatic rings. The van der Waals surface area contributed by atoms with E-state index in [1.165, 1.54) is 14.2 Å². The molecule has 0 aliphatic rings. The Labute approximate surface area is 215 Å². The van der Waals surface area contributed by atoms with E-state index in [9.17, 15) is 9.59 Å². The van der Waals surface area contributed by atoms with Crippen molar-refractivity contribution in [2.75, 3.05) is 21.3 Å². The van der Waals surface area contributed by atoms with Gasteiger partial charge in [-0.05, 0) is 63.6 Å². The highest BCUT2D eigenvalue weighted by atomic mass is 16.6. The van der Waals surface area contributed by atoms with Gasteiger partial charge in [0.1, 0.15) is 18.0 Å². The summed E-state index contributed by atoms with van der Waals surface area (Å²) in [5.41, 5.74) is 0.720. The van der Waals surface area contributed by atoms with E-state index in [-0.39, 0.29) is 24.0 Å². The molecule has 198 valence electrons. The Bertz CT molecular complexity index is 1230. The Morgan fingerprint density at radius 3 is 2.30 bits per heavy atom. The van der Waals surface area contributed by atoms with Crippen LogP contribution in [0.1, 0.15) is 55.5 Å². The minimum absolute atomic E-state index is 0.0578. The number of rotatable bonds is 9. The number of amides is 1. The minimum Gasteiger partial charge on any atom is -0.497 e. The molecule has 1 atom stereocenters. The van der Waals surface area contributed by atoms with Crippen molar-refractivity contribution in [3.8, 4) is 28.7 Å². The molecule has 1 heterocycles. The van der Waals surface area contributed by atoms with Crippen molar-refractivity contribution in [1.82, 2.24) is 10.3 Å². The monoisotopic (exact) mass is 512 g/mol. The molecule has 1 amide bonds. The number of nitrogens with zero attached hydrogens (tertiary/aromatic N) is 1. The zero-order valence-corrected chi connectivity index (χ0v) is 22.0. The third-order valence-electron chi connectivity index (χ3n) is 5.12. The molecule has 1 N–H and O–H groups in total. The number of oxazole rings is 1. The van der Waals surface area contributed by atoms with Gasteiger partial charge in [0.25, 0.3) is 0 Å². The molecule has 37 heavy (non-hydrogen) atoms. The quantitative estimate of drug-likeness (QED) is 0.380. The third kappa shape index (κ3) is 7.16. The Hall–Kier alpha value is -4.21. The molecule has 0 spiro atoms. The highest BCUT2D eigenvalue weighted by molar-refractivity contribution is 5.89. The first kappa shape index (κ1) is 27.4. The first-order valence-electron chi connectivity index (χ1n) is 11.6. The lowest BCUT2D eigenvalue weighted by Gasteiger charge is -2.21. The fourth-order valence-electron chi connectivity index (χ4n) is 3.35. The van der Waals surface area contributed by atoms with Crippen LogP contribution < -0.4 is 19.5 Å². The fourth-order valence-corrected chi connectivity index (χ4v) is 3.35. The Kier molecular flexibility index (Phi) is 8.65. The number of benzene rings is 2. The van der Waals surface area contributed by atoms with Gasteiger partial charge in [0, 0.05) is 5.56 Å². The molecular weight excluding hydrogens is 480 g/mol. The zero-order chi connectivity index (χ0) is 27.2. The van der Waals surface area contributed by atoms with E-state index in [1.807, 2.05) is 24.3 Å². The molecular formula is C27H32N2O8. The summed E-state index contributed by atoms with van der Waals surface area (Å²) in [5, 5.41) is 2.66. The molecule has 1 unspecified atom stereocenters. The molecule has 0 bridgehead atoms. The van der Waals surface area contributed by atoms with Gasteiger partial charge in [0.2, 0.25) is 5.89 Å². The van der Waals surface area contributed by atoms with Crippen LogP contribution in [0.25, 0.3) is 11.5 Å². The van der Waals surface area contributed by atoms with Gasteiger partial charge in [-0.3, -0.25) is 0 Å². The fraction of sp³-hybridized carbons (Fsp3) is 0.370. The number of alkyl carbamates (subject to hydrolysis) is 1. The maximum atomic E-state index is 12.4. The first-order valence-corrected chi connectivity index (χ1v) is 11.6. The third-order valence-corrected chi connectivity index (χ3v) is 5.12. The van der Waals surface area contributed by atoms with Crippen molar-refractivity contribution in [1.29, 1.82) is 0 Å². The standard InChI is InChI=1S/C27H32N2O8/c1-16(28-26(31)37-27(2,3)4)23-22(25(30)34-7)29-24(36-23)18-10-13-20(33-6)21(14-18)35-15-17-8-11-19(32-5)12-9-17/h8-14,16H,15H2,1-7H3,(H,28,31). The smallest absolute Gasteiger partial charge is 0.408 e. The summed E-state index contributed by atoms with van der Waals surface area (Å²) in [5.74, 6) is 1.29. The maximum Gasteiger partial charge on any atom is 0.408 e. The largest absolute Gasteiger partial charge is 0.497 e. The topological polar surface area (TPSA) is 118 Å². The molecule has 10 nitrogen and oxygen atoms in total. The van der Waals surface area contributed by atoms with E-state index in [1.54, 1.807) is 53.0 Å². The van der Waals surface area contributed by atoms with Gasteiger partial charge in [0.15, 0.2) is 23.0 Å². The molecule has 3 rings (SSSR count). The lowest BCUT2D eigenvalue weighted by Crippen LogP contribution is -2.34. The van der Waals surface area contributed by atoms with Crippen molar-refractivity contribution < 1.29 is 37.7 Å². The molecule has 0 aliphatic carbocycles. The predicted octanol–water partition coefficient (Wildman–Crippen LogP) is 5.31. The molecule has 10 heteroatoms. The molecule has 0 saturated heterocycles. The number of aromatic nitrogens is 1. The van der Waals surface area contributed by atoms with Crippen LogP contribution in [-0.4, -0.2) is 44.0 Å². The van der Waals surface area contributed by atoms with Crippen LogP contribution in [0.3, 0.4) is 0 Å². The van der Waals surface area contributed by atoms with Gasteiger partial charge < -0.3 is 33.4 Å². The normalized spacial score (nSPS) is 11.9. The number of carbonyl (C=O) groups excluding carboxylic acids is 2. The van der Waals surface area contributed by atoms with Crippen LogP contribution in [0, 0.1) is 0 Å². The lowest BCUT2D eigenvalue weighted by molar-refractivity contribution is 0.0495. The van der Waals surface area contributed by atoms with Gasteiger partial charge in [-0.25, -0.2) is 14.6 Å². The number of ether oxygens (including phenoxy) is 5. The Balaban J connectivity index is 1.88. The highest BCUT2D eigenvalue weighted by Crippen LogP contribution is 2.35. The molecule has 0 radical (unpaired) electrons. The summed E-state index contributed by atoms with van der Waals surface area (Å²) in [6.07, 6.45) is -0.660. The van der Waals surface area contributed by atoms with Crippen molar-refractivity contribution >= 4 is 12.1 Å². The average molecular weight is 513 g/mol. The van der Waals surface area contributed by atoms with E-state index >= 15 is 0 Å². The molecule has 0 saturated carbocycles. The summed E-state index contributed by atoms with van der Waals surface area (Å²) < 4.78 is 32.7. The van der Waals surface area contributed by atoms with Gasteiger partial charge in [0.05, 0.1) is 27.4 Å². The second-order valence-electron chi connectivity index (χ2n) is 9.09. The molecule has 0 aliphatic heterocycles. The summed E-state index contributed by atoms with van der Waals surface area (Å²) in [6.45, 7) is 7.19. The van der Waals surface area contributed by atoms with Crippen LogP contribution >= 0.6 is 0 Å². The van der Waals surface area contributed by atoms with Crippen LogP contribution in [0.5, 0.6) is 17.2 Å². The van der Waals surface area contributed by atoms with Gasteiger partial charge >= 0.3 is 12.1 Å². The zero-order valence-electron chi connectivity index (χ0n) is 22.0. The minimum atomic E-state index is -0.728. The van der Waals surface area contributed by atoms with Gasteiger partial charge in [-0.2, -0.15) is 0 Å². The summed E-state index contributed by atoms with van der Waals surface area (Å²) >= 11 is 0. The predicted molar refractivity (Wildman–Crippen MR) is 135 cm³/mol. The Morgan fingerprint density at radius 1 is 1.00 bits per heavy atom. The van der Waals surface area contributed by atoms with E-state index in [0.29, 0.717) is 17.1 Å². The summed E-state index contributed by atoms with van der Waals surface area (Å²) in [6, 6.07) is 11.9. The number of nitrogens with one attached hydrogen (secondary N) is 1. The van der Waals surface area contributed by atoms with Gasteiger partial charge in [-0.1, -0.05) is 12.1 Å². The van der Waals surface area contributed by atoms with Crippen LogP contribution in [0.4, 0.5) is 4.79 Å². The molecule has 0 fully saturated rings. The number of hydrogen-bond donors (Lipinski definition) is 1. The average Bonchev–Trinajstić information content (AvgIpc) is 3.31. The number of hydrogen-bond acceptors (Lipinski definition) is 9. The van der Waals surface area contributed by atoms with E-state index < -0.39 is 23.7 Å². The molecule has 1 aromatic heterocycles. The Morgan fingerprint density at radius 2 is 1.70 bits per heavy atom. The second kappa shape index (κ2) is 11.7. The number of methoxy groups -OCH3 is 3. The number of esters is 1. The SMILES string of the molecule is COC(=O)c1nc(-c2ccc(OC)c(OCc3ccc(OC)cc3)c2)oc1C(C)NC(=O)OC(C)(C)C.